The van der Waals surface area contributed by atoms with E-state index in [1.165, 1.54) is 0 Å². The third kappa shape index (κ3) is 599. The van der Waals surface area contributed by atoms with Gasteiger partial charge in [0.1, 0.15) is 0 Å². The molecule has 0 aromatic carbocycles. The van der Waals surface area contributed by atoms with Gasteiger partial charge in [-0.15, -0.1) is 0 Å². The first-order valence-electron chi connectivity index (χ1n) is 1.28. The molecule has 0 aliphatic heterocycles. The zero-order valence-electron chi connectivity index (χ0n) is 3.85. The van der Waals surface area contributed by atoms with E-state index in [2.05, 4.69) is 0 Å². The Kier molecular flexibility index (Phi) is 5.36. The number of rotatable bonds is 0. The van der Waals surface area contributed by atoms with Gasteiger partial charge in [-0.25, -0.2) is 4.79 Å². The van der Waals surface area contributed by atoms with Gasteiger partial charge >= 0.3 is 6.16 Å². The topological polar surface area (TPSA) is 147 Å². The molecule has 0 bridgehead atoms. The van der Waals surface area contributed by atoms with Crippen LogP contribution in [0.4, 0.5) is 4.79 Å². The predicted molar refractivity (Wildman–Crippen MR) is 12.9 cm³/mol. The summed E-state index contributed by atoms with van der Waals surface area (Å²) < 4.78 is 32.7. The molecule has 0 aromatic rings. The highest BCUT2D eigenvalue weighted by atomic mass is 35.7. The number of carboxylic acid groups (broad SMARTS) is 2. The molecule has 0 spiro atoms. The van der Waals surface area contributed by atoms with Crippen molar-refractivity contribution in [2.24, 2.45) is 0 Å². The molecule has 0 saturated carbocycles. The van der Waals surface area contributed by atoms with Crippen LogP contribution in [0.2, 0.25) is 0 Å². The quantitative estimate of drug-likeness (QED) is 0.330. The highest BCUT2D eigenvalue weighted by Gasteiger charge is 1.98. The lowest BCUT2D eigenvalue weighted by molar-refractivity contribution is -1.92. The van der Waals surface area contributed by atoms with Gasteiger partial charge in [0.05, 0.1) is 14.9 Å². The van der Waals surface area contributed by atoms with E-state index in [1.54, 1.807) is 0 Å². The van der Waals surface area contributed by atoms with Gasteiger partial charge in [-0.3, -0.25) is 0 Å². The van der Waals surface area contributed by atoms with Gasteiger partial charge in [0, 0.05) is 0 Å². The minimum atomic E-state index is -4.69. The third-order valence-electron chi connectivity index (χ3n) is 0. The summed E-state index contributed by atoms with van der Waals surface area (Å²) in [6, 6.07) is 0. The van der Waals surface area contributed by atoms with Crippen LogP contribution in [-0.4, -0.2) is 21.0 Å². The number of hydrogen-bond donors (Lipinski definition) is 3. The van der Waals surface area contributed by atoms with Gasteiger partial charge in [-0.2, -0.15) is 14.0 Å². The number of hydrogen-bond acceptors (Lipinski definition) is 5. The van der Waals surface area contributed by atoms with Crippen LogP contribution in [0.5, 0.6) is 0 Å². The molecule has 7 nitrogen and oxygen atoms in total. The second-order valence-corrected chi connectivity index (χ2v) is 1.47. The Morgan fingerprint density at radius 3 is 1.22 bits per heavy atom. The van der Waals surface area contributed by atoms with Gasteiger partial charge in [0.2, 0.25) is 0 Å². The third-order valence-corrected chi connectivity index (χ3v) is 0. The van der Waals surface area contributed by atoms with Crippen molar-refractivity contribution in [3.05, 3.63) is 0 Å². The zero-order chi connectivity index (χ0) is 8.08. The van der Waals surface area contributed by atoms with E-state index in [0.29, 0.717) is 0 Å². The first-order valence-corrected chi connectivity index (χ1v) is 2.55. The fourth-order valence-corrected chi connectivity index (χ4v) is 0. The monoisotopic (exact) mass is 162 g/mol. The van der Waals surface area contributed by atoms with Gasteiger partial charge in [-0.1, -0.05) is 0 Å². The fraction of sp³-hybridized carbons (Fsp3) is 0. The average molecular weight is 162 g/mol. The Morgan fingerprint density at radius 1 is 1.22 bits per heavy atom. The molecular weight excluding hydrogens is 159 g/mol. The largest absolute Gasteiger partial charge is 0.503 e. The molecular formula is CH3ClO7. The van der Waals surface area contributed by atoms with Crippen LogP contribution in [0.3, 0.4) is 0 Å². The van der Waals surface area contributed by atoms with Crippen molar-refractivity contribution in [2.75, 3.05) is 0 Å². The lowest BCUT2D eigenvalue weighted by Gasteiger charge is -2.03. The van der Waals surface area contributed by atoms with Gasteiger partial charge in [-0.05, 0) is 0 Å². The molecule has 8 heteroatoms. The molecule has 0 radical (unpaired) electrons. The number of carbonyl (C=O) groups is 1. The van der Waals surface area contributed by atoms with E-state index in [-0.39, 0.29) is 0 Å². The summed E-state index contributed by atoms with van der Waals surface area (Å²) in [6.07, 6.45) is -1.83. The molecule has 0 unspecified atom stereocenters. The average Bonchev–Trinajstić information content (AvgIpc) is 1.19. The predicted octanol–water partition coefficient (Wildman–Crippen LogP) is -3.90. The smallest absolute Gasteiger partial charge is 0.450 e. The van der Waals surface area contributed by atoms with Crippen LogP contribution in [0.15, 0.2) is 0 Å². The fourth-order valence-electron chi connectivity index (χ4n) is 0. The summed E-state index contributed by atoms with van der Waals surface area (Å²) in [4.78, 5) is 8.56. The van der Waals surface area contributed by atoms with Crippen LogP contribution in [0, 0.1) is 10.2 Å². The Balaban J connectivity index is 0. The van der Waals surface area contributed by atoms with Gasteiger partial charge < -0.3 is 10.2 Å². The Labute approximate surface area is 51.1 Å². The lowest BCUT2D eigenvalue weighted by Crippen LogP contribution is -2.58. The summed E-state index contributed by atoms with van der Waals surface area (Å²) in [5.41, 5.74) is 0. The SMILES string of the molecule is O=C(O)O.[O-][Cl+3]([O-])([O-])O. The van der Waals surface area contributed by atoms with Crippen LogP contribution < -0.4 is 14.0 Å². The van der Waals surface area contributed by atoms with E-state index in [0.717, 1.165) is 0 Å². The van der Waals surface area contributed by atoms with E-state index in [1.807, 2.05) is 0 Å². The number of halogens is 1. The van der Waals surface area contributed by atoms with Gasteiger partial charge in [0.15, 0.2) is 0 Å². The maximum absolute atomic E-state index is 8.60. The maximum Gasteiger partial charge on any atom is 0.503 e. The molecule has 0 aliphatic carbocycles. The Hall–Kier alpha value is -0.600. The first-order chi connectivity index (χ1) is 3.73. The zero-order valence-corrected chi connectivity index (χ0v) is 4.61. The summed E-state index contributed by atoms with van der Waals surface area (Å²) in [5.74, 6) is 0. The highest BCUT2D eigenvalue weighted by molar-refractivity contribution is 5.53. The molecule has 0 fully saturated rings. The van der Waals surface area contributed by atoms with E-state index in [4.69, 9.17) is 33.6 Å². The molecule has 56 valence electrons. The summed E-state index contributed by atoms with van der Waals surface area (Å²) in [5, 5.41) is 13.9. The van der Waals surface area contributed by atoms with Crippen molar-refractivity contribution in [1.29, 1.82) is 0 Å². The van der Waals surface area contributed by atoms with Crippen LogP contribution in [0.25, 0.3) is 0 Å². The molecule has 0 aromatic heterocycles. The van der Waals surface area contributed by atoms with Crippen molar-refractivity contribution in [1.82, 2.24) is 0 Å². The van der Waals surface area contributed by atoms with E-state index in [9.17, 15) is 0 Å². The Morgan fingerprint density at radius 2 is 1.22 bits per heavy atom. The first kappa shape index (κ1) is 11.2. The minimum Gasteiger partial charge on any atom is -0.450 e. The molecule has 0 aliphatic rings. The van der Waals surface area contributed by atoms with Crippen LogP contribution in [0.1, 0.15) is 0 Å². The molecule has 3 N–H and O–H groups in total. The standard InChI is InChI=1S/CH2O3.ClHO4/c2-1(3)4;2-1(3,4)5/h(H2,2,3,4);(H,2,3,4,5). The summed E-state index contributed by atoms with van der Waals surface area (Å²) in [6.45, 7) is 0. The van der Waals surface area contributed by atoms with Crippen molar-refractivity contribution >= 4 is 6.16 Å². The lowest BCUT2D eigenvalue weighted by atomic mass is 11.5. The van der Waals surface area contributed by atoms with Crippen LogP contribution in [-0.2, 0) is 0 Å². The summed E-state index contributed by atoms with van der Waals surface area (Å²) >= 11 is 0. The molecule has 0 rings (SSSR count). The highest BCUT2D eigenvalue weighted by Crippen LogP contribution is 1.60. The van der Waals surface area contributed by atoms with Crippen LogP contribution >= 0.6 is 0 Å². The van der Waals surface area contributed by atoms with Crippen molar-refractivity contribution in [2.45, 2.75) is 0 Å². The van der Waals surface area contributed by atoms with Crippen molar-refractivity contribution in [3.8, 4) is 0 Å². The van der Waals surface area contributed by atoms with Crippen molar-refractivity contribution < 1.29 is 43.9 Å². The molecule has 0 atom stereocenters. The molecule has 0 heterocycles. The summed E-state index contributed by atoms with van der Waals surface area (Å²) in [7, 11) is -4.69. The minimum absolute atomic E-state index is 1.83. The van der Waals surface area contributed by atoms with E-state index >= 15 is 0 Å². The van der Waals surface area contributed by atoms with E-state index < -0.39 is 16.4 Å². The molecule has 9 heavy (non-hydrogen) atoms. The second-order valence-electron chi connectivity index (χ2n) is 0.679. The maximum atomic E-state index is 8.60. The molecule has 0 saturated heterocycles. The normalized spacial score (nSPS) is 9.33. The van der Waals surface area contributed by atoms with Gasteiger partial charge in [0.25, 0.3) is 0 Å². The molecule has 0 amide bonds. The second kappa shape index (κ2) is 4.30. The Bertz CT molecular complexity index is 71.4. The van der Waals surface area contributed by atoms with Crippen molar-refractivity contribution in [3.63, 3.8) is 0 Å².